The minimum absolute atomic E-state index is 0.0138. The maximum absolute atomic E-state index is 14.0. The molecule has 384 valence electrons. The number of amides is 6. The second-order valence-corrected chi connectivity index (χ2v) is 18.9. The normalized spacial score (nSPS) is 17.2. The fourth-order valence-corrected chi connectivity index (χ4v) is 9.55. The van der Waals surface area contributed by atoms with Crippen molar-refractivity contribution in [3.63, 3.8) is 0 Å². The topological polar surface area (TPSA) is 219 Å². The summed E-state index contributed by atoms with van der Waals surface area (Å²) in [5.74, 6) is 0.764. The lowest BCUT2D eigenvalue weighted by atomic mass is 9.95. The fraction of sp³-hybridized carbons (Fsp3) is 0.444. The van der Waals surface area contributed by atoms with Crippen LogP contribution in [0.5, 0.6) is 11.5 Å². The van der Waals surface area contributed by atoms with E-state index in [-0.39, 0.29) is 23.9 Å². The van der Waals surface area contributed by atoms with Crippen molar-refractivity contribution in [2.75, 3.05) is 64.1 Å². The number of rotatable bonds is 17. The van der Waals surface area contributed by atoms with Gasteiger partial charge in [-0.3, -0.25) is 9.59 Å². The van der Waals surface area contributed by atoms with Gasteiger partial charge in [-0.1, -0.05) is 26.3 Å². The first kappa shape index (κ1) is 51.8. The number of hydrogen-bond donors (Lipinski definition) is 3. The molecule has 2 aromatic carbocycles. The first-order chi connectivity index (χ1) is 35.5. The third-order valence-electron chi connectivity index (χ3n) is 13.7. The molecule has 2 fully saturated rings. The predicted molar refractivity (Wildman–Crippen MR) is 282 cm³/mol. The third-order valence-corrected chi connectivity index (χ3v) is 13.7. The van der Waals surface area contributed by atoms with Gasteiger partial charge >= 0.3 is 12.1 Å². The molecule has 4 aliphatic rings. The van der Waals surface area contributed by atoms with Gasteiger partial charge in [0.05, 0.1) is 55.3 Å². The molecule has 2 saturated heterocycles. The van der Waals surface area contributed by atoms with Crippen molar-refractivity contribution < 1.29 is 33.8 Å². The smallest absolute Gasteiger partial charge is 0.320 e. The molecule has 2 atom stereocenters. The molecule has 0 bridgehead atoms. The molecular formula is C54H66N12O7. The molecule has 1 unspecified atom stereocenters. The minimum atomic E-state index is -0.508. The van der Waals surface area contributed by atoms with Crippen LogP contribution in [0, 0.1) is 0 Å². The summed E-state index contributed by atoms with van der Waals surface area (Å²) in [6.45, 7) is 8.53. The van der Waals surface area contributed by atoms with Crippen LogP contribution in [0.25, 0.3) is 0 Å². The maximum Gasteiger partial charge on any atom is 0.320 e. The quantitative estimate of drug-likeness (QED) is 0.0535. The highest BCUT2D eigenvalue weighted by Gasteiger charge is 2.32. The van der Waals surface area contributed by atoms with E-state index in [9.17, 15) is 24.3 Å². The number of likely N-dealkylation sites (tertiary alicyclic amines) is 2. The monoisotopic (exact) mass is 995 g/mol. The fourth-order valence-electron chi connectivity index (χ4n) is 9.55. The average molecular weight is 995 g/mol. The maximum atomic E-state index is 14.0. The van der Waals surface area contributed by atoms with Crippen LogP contribution in [0.3, 0.4) is 0 Å². The van der Waals surface area contributed by atoms with Crippen LogP contribution < -0.4 is 20.1 Å². The van der Waals surface area contributed by atoms with Crippen LogP contribution >= 0.6 is 0 Å². The van der Waals surface area contributed by atoms with Gasteiger partial charge in [0.15, 0.2) is 0 Å². The van der Waals surface area contributed by atoms with Crippen LogP contribution in [0.1, 0.15) is 131 Å². The zero-order chi connectivity index (χ0) is 51.3. The molecule has 6 amide bonds. The van der Waals surface area contributed by atoms with Crippen molar-refractivity contribution in [3.8, 4) is 11.5 Å². The van der Waals surface area contributed by atoms with Gasteiger partial charge in [-0.05, 0) is 140 Å². The number of pyridine rings is 2. The van der Waals surface area contributed by atoms with E-state index in [0.717, 1.165) is 73.0 Å². The van der Waals surface area contributed by atoms with E-state index < -0.39 is 12.0 Å². The number of carbonyl (C=O) groups is 4. The van der Waals surface area contributed by atoms with Crippen LogP contribution in [0.15, 0.2) is 75.0 Å². The number of aliphatic hydroxyl groups is 1. The van der Waals surface area contributed by atoms with Gasteiger partial charge in [-0.25, -0.2) is 19.6 Å². The molecule has 4 aromatic rings. The molecule has 8 rings (SSSR count). The molecule has 73 heavy (non-hydrogen) atoms. The van der Waals surface area contributed by atoms with E-state index in [4.69, 9.17) is 14.5 Å². The number of anilines is 2. The Hall–Kier alpha value is -7.54. The Morgan fingerprint density at radius 1 is 0.699 bits per heavy atom. The third kappa shape index (κ3) is 13.3. The molecule has 0 aliphatic carbocycles. The summed E-state index contributed by atoms with van der Waals surface area (Å²) in [5, 5.41) is 32.8. The van der Waals surface area contributed by atoms with Gasteiger partial charge in [-0.2, -0.15) is 20.4 Å². The lowest BCUT2D eigenvalue weighted by molar-refractivity contribution is 0.101. The number of carbonyl (C=O) groups excluding carboxylic acids is 4. The largest absolute Gasteiger partial charge is 0.496 e. The Balaban J connectivity index is 0.893. The molecule has 19 nitrogen and oxygen atoms in total. The van der Waals surface area contributed by atoms with E-state index in [0.29, 0.717) is 117 Å². The van der Waals surface area contributed by atoms with E-state index in [1.807, 2.05) is 40.1 Å². The predicted octanol–water partition coefficient (Wildman–Crippen LogP) is 7.70. The highest BCUT2D eigenvalue weighted by molar-refractivity contribution is 6.07. The summed E-state index contributed by atoms with van der Waals surface area (Å²) in [6, 6.07) is 16.3. The van der Waals surface area contributed by atoms with Crippen molar-refractivity contribution in [2.45, 2.75) is 103 Å². The van der Waals surface area contributed by atoms with Gasteiger partial charge in [0, 0.05) is 64.8 Å². The second-order valence-electron chi connectivity index (χ2n) is 18.9. The number of hydrogen-bond acceptors (Lipinski definition) is 13. The van der Waals surface area contributed by atoms with Gasteiger partial charge in [0.25, 0.3) is 11.8 Å². The summed E-state index contributed by atoms with van der Waals surface area (Å²) in [7, 11) is 3.07. The molecule has 0 saturated carbocycles. The van der Waals surface area contributed by atoms with Crippen LogP contribution in [0.4, 0.5) is 21.2 Å². The number of benzene rings is 2. The lowest BCUT2D eigenvalue weighted by Gasteiger charge is -2.32. The standard InChI is InChI=1S/C54H66N12O7/c1-5-6-7-18-55-58-32-43-25-39(30-50(60-43)62-52(69)46-27-41-34-65(23-16-38(41)29-48(46)73-4)54(71)66-24-17-44(67)35-66)36(2)12-11-19-56-57-31-42-13-10-14-49(59-42)61-51(68)45-26-40-33-64(53(70)63-20-8-9-21-63)22-15-37(40)28-47(45)72-3/h10,13-14,18-19,25-32,36,44,67H,5-9,11-12,15-17,20-24,33-35H2,1-4H3,(H,59,61,68)(H,60,62,69)/t36?,44-/m1/s1. The number of methoxy groups -OCH3 is 2. The van der Waals surface area contributed by atoms with Crippen LogP contribution in [-0.2, 0) is 25.9 Å². The van der Waals surface area contributed by atoms with Crippen molar-refractivity contribution in [3.05, 3.63) is 105 Å². The Labute approximate surface area is 426 Å². The highest BCUT2D eigenvalue weighted by Crippen LogP contribution is 2.32. The summed E-state index contributed by atoms with van der Waals surface area (Å²) in [4.78, 5) is 70.6. The number of nitrogens with zero attached hydrogens (tertiary/aromatic N) is 10. The number of aromatic nitrogens is 2. The second kappa shape index (κ2) is 24.7. The summed E-state index contributed by atoms with van der Waals surface area (Å²) in [6.07, 6.45) is 14.2. The lowest BCUT2D eigenvalue weighted by Crippen LogP contribution is -2.44. The van der Waals surface area contributed by atoms with Crippen molar-refractivity contribution in [1.29, 1.82) is 0 Å². The zero-order valence-corrected chi connectivity index (χ0v) is 42.3. The Morgan fingerprint density at radius 2 is 1.29 bits per heavy atom. The molecule has 0 radical (unpaired) electrons. The van der Waals surface area contributed by atoms with E-state index in [1.54, 1.807) is 52.7 Å². The van der Waals surface area contributed by atoms with Gasteiger partial charge in [-0.15, -0.1) is 0 Å². The number of unbranched alkanes of at least 4 members (excludes halogenated alkanes) is 2. The molecule has 3 N–H and O–H groups in total. The SMILES string of the molecule is CCCCC=NN=Cc1cc(C(C)CCC=NN=Cc2cccc(NC(=O)c3cc4c(cc3OC)CCN(C(=O)N3CCCC3)C4)n2)cc(NC(=O)c2cc3c(cc2OC)CCN(C(=O)N2CC[C@@H](O)C2)C3)n1. The number of nitrogens with one attached hydrogen (secondary N) is 2. The number of fused-ring (bicyclic) bond motifs is 2. The van der Waals surface area contributed by atoms with E-state index in [2.05, 4.69) is 49.9 Å². The Morgan fingerprint density at radius 3 is 1.89 bits per heavy atom. The molecule has 2 aromatic heterocycles. The minimum Gasteiger partial charge on any atom is -0.496 e. The van der Waals surface area contributed by atoms with E-state index in [1.165, 1.54) is 20.4 Å². The average Bonchev–Trinajstić information content (AvgIpc) is 4.12. The Kier molecular flexibility index (Phi) is 17.5. The highest BCUT2D eigenvalue weighted by atomic mass is 16.5. The molecule has 19 heteroatoms. The first-order valence-electron chi connectivity index (χ1n) is 25.4. The Bertz CT molecular complexity index is 2770. The summed E-state index contributed by atoms with van der Waals surface area (Å²) >= 11 is 0. The van der Waals surface area contributed by atoms with Crippen molar-refractivity contribution in [2.24, 2.45) is 20.4 Å². The number of β-amino-alcohol motifs (C(OH)–C–C–N with tert-alkyl or cyclic N) is 1. The number of urea groups is 2. The van der Waals surface area contributed by atoms with Crippen LogP contribution in [0.2, 0.25) is 0 Å². The van der Waals surface area contributed by atoms with Gasteiger partial charge in [0.1, 0.15) is 23.1 Å². The van der Waals surface area contributed by atoms with Crippen LogP contribution in [-0.4, -0.2) is 143 Å². The molecular weight excluding hydrogens is 929 g/mol. The molecule has 0 spiro atoms. The first-order valence-corrected chi connectivity index (χ1v) is 25.4. The van der Waals surface area contributed by atoms with Gasteiger partial charge in [0.2, 0.25) is 0 Å². The number of aliphatic hydroxyl groups excluding tert-OH is 1. The summed E-state index contributed by atoms with van der Waals surface area (Å²) in [5.41, 5.74) is 6.47. The van der Waals surface area contributed by atoms with Gasteiger partial charge < -0.3 is 44.8 Å². The number of ether oxygens (including phenoxy) is 2. The zero-order valence-electron chi connectivity index (χ0n) is 42.3. The summed E-state index contributed by atoms with van der Waals surface area (Å²) < 4.78 is 11.3. The molecule has 4 aliphatic heterocycles. The van der Waals surface area contributed by atoms with Crippen molar-refractivity contribution in [1.82, 2.24) is 29.6 Å². The molecule has 6 heterocycles. The van der Waals surface area contributed by atoms with E-state index >= 15 is 0 Å². The van der Waals surface area contributed by atoms with Crippen molar-refractivity contribution >= 4 is 60.4 Å².